The Balaban J connectivity index is 1.95. The number of amides is 1. The fourth-order valence-electron chi connectivity index (χ4n) is 2.34. The van der Waals surface area contributed by atoms with Gasteiger partial charge < -0.3 is 5.73 Å². The van der Waals surface area contributed by atoms with Crippen LogP contribution >= 0.6 is 0 Å². The average molecular weight is 291 g/mol. The molecule has 0 radical (unpaired) electrons. The summed E-state index contributed by atoms with van der Waals surface area (Å²) in [7, 11) is 0. The topological polar surface area (TPSA) is 60.9 Å². The molecule has 0 aliphatic carbocycles. The molecule has 0 bridgehead atoms. The molecule has 4 nitrogen and oxygen atoms in total. The number of carbonyl (C=O) groups is 1. The Morgan fingerprint density at radius 3 is 2.32 bits per heavy atom. The standard InChI is InChI=1S/C18H17N3O/c1-13(18(19)22)21-12-17(11-20-21)16-9-5-8-15(10-16)14-6-3-2-4-7-14/h2-13H,1H3,(H2,19,22)/t13-/m0/s1. The first-order valence-electron chi connectivity index (χ1n) is 7.14. The van der Waals surface area contributed by atoms with Crippen LogP contribution in [0.4, 0.5) is 0 Å². The molecule has 3 aromatic rings. The first kappa shape index (κ1) is 14.1. The van der Waals surface area contributed by atoms with E-state index >= 15 is 0 Å². The van der Waals surface area contributed by atoms with Gasteiger partial charge in [-0.3, -0.25) is 9.48 Å². The van der Waals surface area contributed by atoms with Crippen LogP contribution in [0.25, 0.3) is 22.3 Å². The van der Waals surface area contributed by atoms with Crippen LogP contribution in [0.1, 0.15) is 13.0 Å². The Morgan fingerprint density at radius 2 is 1.64 bits per heavy atom. The van der Waals surface area contributed by atoms with Crippen molar-refractivity contribution in [2.75, 3.05) is 0 Å². The van der Waals surface area contributed by atoms with Gasteiger partial charge in [0.2, 0.25) is 5.91 Å². The van der Waals surface area contributed by atoms with Crippen molar-refractivity contribution in [3.8, 4) is 22.3 Å². The van der Waals surface area contributed by atoms with Crippen molar-refractivity contribution in [2.24, 2.45) is 5.73 Å². The lowest BCUT2D eigenvalue weighted by atomic mass is 10.0. The van der Waals surface area contributed by atoms with Gasteiger partial charge in [-0.2, -0.15) is 5.10 Å². The van der Waals surface area contributed by atoms with E-state index in [1.54, 1.807) is 17.8 Å². The van der Waals surface area contributed by atoms with E-state index < -0.39 is 11.9 Å². The molecule has 1 atom stereocenters. The average Bonchev–Trinajstić information content (AvgIpc) is 3.05. The molecule has 0 saturated carbocycles. The van der Waals surface area contributed by atoms with E-state index in [9.17, 15) is 4.79 Å². The third kappa shape index (κ3) is 2.76. The minimum Gasteiger partial charge on any atom is -0.368 e. The number of nitrogens with zero attached hydrogens (tertiary/aromatic N) is 2. The van der Waals surface area contributed by atoms with Crippen molar-refractivity contribution in [3.63, 3.8) is 0 Å². The Kier molecular flexibility index (Phi) is 3.74. The highest BCUT2D eigenvalue weighted by molar-refractivity contribution is 5.78. The summed E-state index contributed by atoms with van der Waals surface area (Å²) in [6, 6.07) is 18.0. The third-order valence-corrected chi connectivity index (χ3v) is 3.71. The predicted molar refractivity (Wildman–Crippen MR) is 87.0 cm³/mol. The molecule has 1 amide bonds. The first-order valence-corrected chi connectivity index (χ1v) is 7.14. The minimum absolute atomic E-state index is 0.396. The highest BCUT2D eigenvalue weighted by Crippen LogP contribution is 2.26. The van der Waals surface area contributed by atoms with Crippen LogP contribution in [0.2, 0.25) is 0 Å². The van der Waals surface area contributed by atoms with E-state index in [0.29, 0.717) is 0 Å². The molecule has 110 valence electrons. The number of hydrogen-bond donors (Lipinski definition) is 1. The van der Waals surface area contributed by atoms with E-state index in [1.807, 2.05) is 36.5 Å². The summed E-state index contributed by atoms with van der Waals surface area (Å²) in [5.74, 6) is -0.396. The van der Waals surface area contributed by atoms with Crippen molar-refractivity contribution < 1.29 is 4.79 Å². The Bertz CT molecular complexity index is 793. The maximum atomic E-state index is 11.2. The van der Waals surface area contributed by atoms with Gasteiger partial charge >= 0.3 is 0 Å². The van der Waals surface area contributed by atoms with Crippen LogP contribution in [0, 0.1) is 0 Å². The smallest absolute Gasteiger partial charge is 0.241 e. The van der Waals surface area contributed by atoms with Gasteiger partial charge in [0, 0.05) is 11.8 Å². The summed E-state index contributed by atoms with van der Waals surface area (Å²) >= 11 is 0. The summed E-state index contributed by atoms with van der Waals surface area (Å²) in [5, 5.41) is 4.23. The second kappa shape index (κ2) is 5.85. The number of primary amides is 1. The molecule has 0 unspecified atom stereocenters. The number of aromatic nitrogens is 2. The lowest BCUT2D eigenvalue weighted by molar-refractivity contribution is -0.120. The first-order chi connectivity index (χ1) is 10.6. The van der Waals surface area contributed by atoms with E-state index in [1.165, 1.54) is 5.56 Å². The van der Waals surface area contributed by atoms with Gasteiger partial charge in [0.1, 0.15) is 6.04 Å². The molecule has 2 N–H and O–H groups in total. The molecule has 0 saturated heterocycles. The number of nitrogens with two attached hydrogens (primary N) is 1. The molecule has 0 spiro atoms. The van der Waals surface area contributed by atoms with Gasteiger partial charge in [0.25, 0.3) is 0 Å². The second-order valence-electron chi connectivity index (χ2n) is 5.23. The highest BCUT2D eigenvalue weighted by atomic mass is 16.1. The van der Waals surface area contributed by atoms with Crippen molar-refractivity contribution in [2.45, 2.75) is 13.0 Å². The molecule has 4 heteroatoms. The van der Waals surface area contributed by atoms with E-state index in [2.05, 4.69) is 29.4 Å². The summed E-state index contributed by atoms with van der Waals surface area (Å²) in [5.41, 5.74) is 9.66. The Hall–Kier alpha value is -2.88. The number of hydrogen-bond acceptors (Lipinski definition) is 2. The van der Waals surface area contributed by atoms with Crippen molar-refractivity contribution in [3.05, 3.63) is 67.0 Å². The summed E-state index contributed by atoms with van der Waals surface area (Å²) < 4.78 is 1.59. The van der Waals surface area contributed by atoms with E-state index in [-0.39, 0.29) is 0 Å². The van der Waals surface area contributed by atoms with Crippen LogP contribution in [0.3, 0.4) is 0 Å². The summed E-state index contributed by atoms with van der Waals surface area (Å²) in [6.45, 7) is 1.74. The zero-order valence-electron chi connectivity index (χ0n) is 12.3. The minimum atomic E-state index is -0.453. The monoisotopic (exact) mass is 291 g/mol. The van der Waals surface area contributed by atoms with Gasteiger partial charge in [0.15, 0.2) is 0 Å². The lowest BCUT2D eigenvalue weighted by Crippen LogP contribution is -2.24. The molecule has 22 heavy (non-hydrogen) atoms. The molecule has 0 aliphatic rings. The predicted octanol–water partition coefficient (Wildman–Crippen LogP) is 3.26. The van der Waals surface area contributed by atoms with E-state index in [0.717, 1.165) is 16.7 Å². The molecule has 0 aliphatic heterocycles. The Morgan fingerprint density at radius 1 is 1.00 bits per heavy atom. The zero-order chi connectivity index (χ0) is 15.5. The van der Waals surface area contributed by atoms with Crippen molar-refractivity contribution >= 4 is 5.91 Å². The van der Waals surface area contributed by atoms with Crippen molar-refractivity contribution in [1.82, 2.24) is 9.78 Å². The molecular weight excluding hydrogens is 274 g/mol. The quantitative estimate of drug-likeness (QED) is 0.802. The van der Waals surface area contributed by atoms with Gasteiger partial charge in [0.05, 0.1) is 6.20 Å². The molecule has 1 aromatic heterocycles. The van der Waals surface area contributed by atoms with Gasteiger partial charge in [-0.1, -0.05) is 48.5 Å². The number of carbonyl (C=O) groups excluding carboxylic acids is 1. The maximum absolute atomic E-state index is 11.2. The SMILES string of the molecule is C[C@@H](C(N)=O)n1cc(-c2cccc(-c3ccccc3)c2)cn1. The summed E-state index contributed by atoms with van der Waals surface area (Å²) in [6.07, 6.45) is 3.60. The van der Waals surface area contributed by atoms with Crippen LogP contribution in [0.5, 0.6) is 0 Å². The van der Waals surface area contributed by atoms with E-state index in [4.69, 9.17) is 5.73 Å². The largest absolute Gasteiger partial charge is 0.368 e. The zero-order valence-corrected chi connectivity index (χ0v) is 12.3. The fraction of sp³-hybridized carbons (Fsp3) is 0.111. The number of rotatable bonds is 4. The second-order valence-corrected chi connectivity index (χ2v) is 5.23. The van der Waals surface area contributed by atoms with Gasteiger partial charge in [-0.15, -0.1) is 0 Å². The third-order valence-electron chi connectivity index (χ3n) is 3.71. The van der Waals surface area contributed by atoms with Crippen LogP contribution < -0.4 is 5.73 Å². The molecule has 3 rings (SSSR count). The molecule has 0 fully saturated rings. The van der Waals surface area contributed by atoms with Crippen molar-refractivity contribution in [1.29, 1.82) is 0 Å². The maximum Gasteiger partial charge on any atom is 0.241 e. The fourth-order valence-corrected chi connectivity index (χ4v) is 2.34. The lowest BCUT2D eigenvalue weighted by Gasteiger charge is -2.07. The van der Waals surface area contributed by atoms with Crippen LogP contribution in [-0.4, -0.2) is 15.7 Å². The normalized spacial score (nSPS) is 12.0. The Labute approximate surface area is 129 Å². The number of benzene rings is 2. The van der Waals surface area contributed by atoms with Crippen LogP contribution in [-0.2, 0) is 4.79 Å². The van der Waals surface area contributed by atoms with Gasteiger partial charge in [-0.05, 0) is 29.7 Å². The molecule has 1 heterocycles. The van der Waals surface area contributed by atoms with Gasteiger partial charge in [-0.25, -0.2) is 0 Å². The highest BCUT2D eigenvalue weighted by Gasteiger charge is 2.12. The van der Waals surface area contributed by atoms with Crippen LogP contribution in [0.15, 0.2) is 67.0 Å². The molecule has 2 aromatic carbocycles. The molecular formula is C18H17N3O. The summed E-state index contributed by atoms with van der Waals surface area (Å²) in [4.78, 5) is 11.2.